The number of nitrogens with one attached hydrogen (secondary N) is 1. The van der Waals surface area contributed by atoms with Gasteiger partial charge in [0.2, 0.25) is 0 Å². The average molecular weight is 278 g/mol. The molecule has 0 radical (unpaired) electrons. The Labute approximate surface area is 116 Å². The molecule has 0 aliphatic carbocycles. The highest BCUT2D eigenvalue weighted by Gasteiger charge is 2.11. The van der Waals surface area contributed by atoms with Crippen molar-refractivity contribution in [3.8, 4) is 0 Å². The van der Waals surface area contributed by atoms with Crippen molar-refractivity contribution in [3.05, 3.63) is 39.8 Å². The summed E-state index contributed by atoms with van der Waals surface area (Å²) in [6.45, 7) is 5.22. The molecule has 0 atom stereocenters. The Morgan fingerprint density at radius 2 is 2.26 bits per heavy atom. The van der Waals surface area contributed by atoms with Crippen LogP contribution in [0, 0.1) is 6.92 Å². The lowest BCUT2D eigenvalue weighted by atomic mass is 10.1. The van der Waals surface area contributed by atoms with Gasteiger partial charge in [0.1, 0.15) is 0 Å². The summed E-state index contributed by atoms with van der Waals surface area (Å²) < 4.78 is 1.66. The van der Waals surface area contributed by atoms with Crippen LogP contribution in [-0.4, -0.2) is 14.8 Å². The van der Waals surface area contributed by atoms with Gasteiger partial charge in [-0.25, -0.2) is 9.89 Å². The molecule has 0 aliphatic heterocycles. The number of benzene rings is 1. The van der Waals surface area contributed by atoms with Crippen LogP contribution in [0.3, 0.4) is 0 Å². The summed E-state index contributed by atoms with van der Waals surface area (Å²) in [5.41, 5.74) is 7.85. The minimum atomic E-state index is -0.161. The summed E-state index contributed by atoms with van der Waals surface area (Å²) in [6.07, 6.45) is 0.893. The van der Waals surface area contributed by atoms with Crippen LogP contribution in [0.2, 0.25) is 0 Å². The van der Waals surface area contributed by atoms with E-state index in [1.807, 2.05) is 26.0 Å². The number of H-pyrrole nitrogens is 1. The number of aryl methyl sites for hydroxylation is 1. The number of hydrogen-bond donors (Lipinski definition) is 2. The van der Waals surface area contributed by atoms with Crippen molar-refractivity contribution < 1.29 is 0 Å². The lowest BCUT2D eigenvalue weighted by Gasteiger charge is -2.08. The van der Waals surface area contributed by atoms with Gasteiger partial charge in [-0.05, 0) is 36.7 Å². The molecule has 0 spiro atoms. The first-order valence-electron chi connectivity index (χ1n) is 6.28. The van der Waals surface area contributed by atoms with Crippen LogP contribution in [0.5, 0.6) is 0 Å². The number of nitrogens with two attached hydrogens (primary N) is 1. The largest absolute Gasteiger partial charge is 0.343 e. The van der Waals surface area contributed by atoms with Crippen molar-refractivity contribution in [1.29, 1.82) is 0 Å². The molecule has 1 aromatic carbocycles. The molecule has 2 aromatic rings. The van der Waals surface area contributed by atoms with Crippen molar-refractivity contribution in [3.63, 3.8) is 0 Å². The molecular weight excluding hydrogens is 260 g/mol. The van der Waals surface area contributed by atoms with E-state index in [-0.39, 0.29) is 5.69 Å². The van der Waals surface area contributed by atoms with Crippen LogP contribution in [0.25, 0.3) is 0 Å². The van der Waals surface area contributed by atoms with Gasteiger partial charge in [0, 0.05) is 18.0 Å². The smallest absolute Gasteiger partial charge is 0.326 e. The van der Waals surface area contributed by atoms with Gasteiger partial charge in [0.25, 0.3) is 0 Å². The van der Waals surface area contributed by atoms with Crippen LogP contribution >= 0.6 is 11.8 Å². The fourth-order valence-corrected chi connectivity index (χ4v) is 2.85. The fourth-order valence-electron chi connectivity index (χ4n) is 1.87. The van der Waals surface area contributed by atoms with E-state index in [4.69, 9.17) is 5.73 Å². The van der Waals surface area contributed by atoms with E-state index in [1.165, 1.54) is 17.3 Å². The standard InChI is InChI=1S/C13H18N4OS/c1-3-6-17-12(18)15-16-13(17)19-11-5-4-9(2)7-10(11)8-14/h4-5,7H,3,6,8,14H2,1-2H3,(H,15,18). The minimum Gasteiger partial charge on any atom is -0.326 e. The summed E-state index contributed by atoms with van der Waals surface area (Å²) in [7, 11) is 0. The lowest BCUT2D eigenvalue weighted by Crippen LogP contribution is -2.17. The van der Waals surface area contributed by atoms with Crippen molar-refractivity contribution in [2.45, 2.75) is 43.4 Å². The first-order chi connectivity index (χ1) is 9.15. The zero-order valence-corrected chi connectivity index (χ0v) is 12.0. The predicted molar refractivity (Wildman–Crippen MR) is 76.3 cm³/mol. The van der Waals surface area contributed by atoms with Crippen LogP contribution in [0.4, 0.5) is 0 Å². The van der Waals surface area contributed by atoms with Crippen molar-refractivity contribution in [1.82, 2.24) is 14.8 Å². The molecule has 0 bridgehead atoms. The molecule has 6 heteroatoms. The molecule has 0 aliphatic rings. The van der Waals surface area contributed by atoms with Gasteiger partial charge < -0.3 is 5.73 Å². The average Bonchev–Trinajstić information content (AvgIpc) is 2.74. The van der Waals surface area contributed by atoms with Gasteiger partial charge in [-0.15, -0.1) is 5.10 Å². The number of aromatic amines is 1. The monoisotopic (exact) mass is 278 g/mol. The number of hydrogen-bond acceptors (Lipinski definition) is 4. The Balaban J connectivity index is 2.33. The maximum atomic E-state index is 11.6. The normalized spacial score (nSPS) is 10.9. The Bertz CT molecular complexity index is 617. The quantitative estimate of drug-likeness (QED) is 0.875. The third-order valence-electron chi connectivity index (χ3n) is 2.81. The zero-order valence-electron chi connectivity index (χ0n) is 11.1. The van der Waals surface area contributed by atoms with Crippen LogP contribution in [-0.2, 0) is 13.1 Å². The van der Waals surface area contributed by atoms with Crippen LogP contribution in [0.15, 0.2) is 33.0 Å². The van der Waals surface area contributed by atoms with E-state index in [0.717, 1.165) is 16.9 Å². The summed E-state index contributed by atoms with van der Waals surface area (Å²) >= 11 is 1.48. The third kappa shape index (κ3) is 3.08. The highest BCUT2D eigenvalue weighted by molar-refractivity contribution is 7.99. The van der Waals surface area contributed by atoms with Gasteiger partial charge in [-0.3, -0.25) is 4.57 Å². The van der Waals surface area contributed by atoms with E-state index < -0.39 is 0 Å². The Morgan fingerprint density at radius 1 is 1.47 bits per heavy atom. The molecule has 1 aromatic heterocycles. The Morgan fingerprint density at radius 3 is 2.95 bits per heavy atom. The molecule has 0 saturated carbocycles. The molecule has 0 amide bonds. The molecule has 102 valence electrons. The number of rotatable bonds is 5. The predicted octanol–water partition coefficient (Wildman–Crippen LogP) is 1.90. The Hall–Kier alpha value is -1.53. The summed E-state index contributed by atoms with van der Waals surface area (Å²) in [4.78, 5) is 12.7. The van der Waals surface area contributed by atoms with Gasteiger partial charge in [0.15, 0.2) is 5.16 Å². The third-order valence-corrected chi connectivity index (χ3v) is 3.92. The van der Waals surface area contributed by atoms with Crippen molar-refractivity contribution in [2.75, 3.05) is 0 Å². The highest BCUT2D eigenvalue weighted by atomic mass is 32.2. The maximum Gasteiger partial charge on any atom is 0.343 e. The van der Waals surface area contributed by atoms with Gasteiger partial charge in [-0.1, -0.05) is 24.6 Å². The second kappa shape index (κ2) is 6.08. The van der Waals surface area contributed by atoms with E-state index in [2.05, 4.69) is 16.3 Å². The second-order valence-electron chi connectivity index (χ2n) is 4.38. The molecule has 3 N–H and O–H groups in total. The van der Waals surface area contributed by atoms with E-state index in [1.54, 1.807) is 4.57 Å². The maximum absolute atomic E-state index is 11.6. The Kier molecular flexibility index (Phi) is 4.44. The van der Waals surface area contributed by atoms with E-state index in [0.29, 0.717) is 18.2 Å². The van der Waals surface area contributed by atoms with Gasteiger partial charge >= 0.3 is 5.69 Å². The van der Waals surface area contributed by atoms with Crippen molar-refractivity contribution in [2.24, 2.45) is 5.73 Å². The van der Waals surface area contributed by atoms with Crippen LogP contribution < -0.4 is 11.4 Å². The minimum absolute atomic E-state index is 0.161. The molecule has 0 saturated heterocycles. The molecule has 19 heavy (non-hydrogen) atoms. The highest BCUT2D eigenvalue weighted by Crippen LogP contribution is 2.29. The van der Waals surface area contributed by atoms with Crippen molar-refractivity contribution >= 4 is 11.8 Å². The first kappa shape index (κ1) is 13.9. The van der Waals surface area contributed by atoms with E-state index in [9.17, 15) is 4.79 Å². The molecule has 2 rings (SSSR count). The van der Waals surface area contributed by atoms with Gasteiger partial charge in [0.05, 0.1) is 0 Å². The fraction of sp³-hybridized carbons (Fsp3) is 0.385. The summed E-state index contributed by atoms with van der Waals surface area (Å²) in [6, 6.07) is 6.13. The topological polar surface area (TPSA) is 76.7 Å². The second-order valence-corrected chi connectivity index (χ2v) is 5.39. The molecular formula is C13H18N4OS. The number of nitrogens with zero attached hydrogens (tertiary/aromatic N) is 2. The molecule has 5 nitrogen and oxygen atoms in total. The van der Waals surface area contributed by atoms with E-state index >= 15 is 0 Å². The first-order valence-corrected chi connectivity index (χ1v) is 7.10. The number of aromatic nitrogens is 3. The lowest BCUT2D eigenvalue weighted by molar-refractivity contribution is 0.604. The molecule has 0 unspecified atom stereocenters. The van der Waals surface area contributed by atoms with Crippen LogP contribution in [0.1, 0.15) is 24.5 Å². The molecule has 1 heterocycles. The molecule has 0 fully saturated rings. The van der Waals surface area contributed by atoms with Gasteiger partial charge in [-0.2, -0.15) is 0 Å². The summed E-state index contributed by atoms with van der Waals surface area (Å²) in [5.74, 6) is 0. The SMILES string of the molecule is CCCn1c(Sc2ccc(C)cc2CN)n[nH]c1=O. The zero-order chi connectivity index (χ0) is 13.8. The summed E-state index contributed by atoms with van der Waals surface area (Å²) in [5, 5.41) is 7.26.